The van der Waals surface area contributed by atoms with Crippen LogP contribution in [0.15, 0.2) is 21.9 Å². The smallest absolute Gasteiger partial charge is 0.296 e. The standard InChI is InChI=1S/C8H11NO6S2/c1-2-5-6(9)3-4-7(16(10,11)12)8(5)17(13,14)15/h3-4H,2,9H2,1H3,(H,10,11,12)(H,13,14,15). The third-order valence-electron chi connectivity index (χ3n) is 2.15. The molecular weight excluding hydrogens is 270 g/mol. The summed E-state index contributed by atoms with van der Waals surface area (Å²) in [6, 6.07) is 1.98. The topological polar surface area (TPSA) is 135 Å². The van der Waals surface area contributed by atoms with E-state index in [9.17, 15) is 16.8 Å². The molecular formula is C8H11NO6S2. The fourth-order valence-corrected chi connectivity index (χ4v) is 3.60. The SMILES string of the molecule is CCc1c(N)ccc(S(=O)(=O)O)c1S(=O)(=O)O. The molecule has 0 spiro atoms. The lowest BCUT2D eigenvalue weighted by atomic mass is 10.1. The third-order valence-corrected chi connectivity index (χ3v) is 4.16. The summed E-state index contributed by atoms with van der Waals surface area (Å²) in [5, 5.41) is 0. The van der Waals surface area contributed by atoms with Crippen LogP contribution in [0.3, 0.4) is 0 Å². The number of rotatable bonds is 3. The van der Waals surface area contributed by atoms with Crippen molar-refractivity contribution in [3.63, 3.8) is 0 Å². The highest BCUT2D eigenvalue weighted by molar-refractivity contribution is 7.89. The first kappa shape index (κ1) is 13.9. The molecule has 0 aliphatic heterocycles. The van der Waals surface area contributed by atoms with Gasteiger partial charge in [0.05, 0.1) is 0 Å². The summed E-state index contributed by atoms with van der Waals surface area (Å²) < 4.78 is 62.3. The van der Waals surface area contributed by atoms with Crippen LogP contribution < -0.4 is 5.73 Å². The van der Waals surface area contributed by atoms with Gasteiger partial charge in [-0.05, 0) is 24.1 Å². The number of hydrogen-bond acceptors (Lipinski definition) is 5. The van der Waals surface area contributed by atoms with Crippen LogP contribution in [-0.4, -0.2) is 25.9 Å². The van der Waals surface area contributed by atoms with Crippen LogP contribution in [-0.2, 0) is 26.7 Å². The van der Waals surface area contributed by atoms with Gasteiger partial charge in [-0.15, -0.1) is 0 Å². The molecule has 9 heteroatoms. The van der Waals surface area contributed by atoms with E-state index in [-0.39, 0.29) is 17.7 Å². The Morgan fingerprint density at radius 1 is 1.12 bits per heavy atom. The molecule has 1 rings (SSSR count). The minimum atomic E-state index is -4.80. The molecule has 0 bridgehead atoms. The first-order chi connectivity index (χ1) is 7.59. The molecule has 0 aliphatic carbocycles. The summed E-state index contributed by atoms with van der Waals surface area (Å²) >= 11 is 0. The Morgan fingerprint density at radius 3 is 2.00 bits per heavy atom. The molecule has 0 unspecified atom stereocenters. The molecule has 0 heterocycles. The summed E-state index contributed by atoms with van der Waals surface area (Å²) in [5.41, 5.74) is 5.46. The van der Waals surface area contributed by atoms with Crippen LogP contribution in [0.4, 0.5) is 5.69 Å². The van der Waals surface area contributed by atoms with E-state index in [1.54, 1.807) is 0 Å². The molecule has 17 heavy (non-hydrogen) atoms. The van der Waals surface area contributed by atoms with Crippen LogP contribution in [0.2, 0.25) is 0 Å². The zero-order valence-corrected chi connectivity index (χ0v) is 10.4. The molecule has 0 fully saturated rings. The predicted octanol–water partition coefficient (Wildman–Crippen LogP) is 0.325. The molecule has 96 valence electrons. The second-order valence-corrected chi connectivity index (χ2v) is 6.01. The van der Waals surface area contributed by atoms with E-state index in [4.69, 9.17) is 14.8 Å². The van der Waals surface area contributed by atoms with Crippen LogP contribution in [0.5, 0.6) is 0 Å². The fraction of sp³-hybridized carbons (Fsp3) is 0.250. The van der Waals surface area contributed by atoms with E-state index in [2.05, 4.69) is 0 Å². The Bertz CT molecular complexity index is 647. The quantitative estimate of drug-likeness (QED) is 0.536. The Hall–Kier alpha value is -1.16. The van der Waals surface area contributed by atoms with Crippen LogP contribution in [0, 0.1) is 0 Å². The van der Waals surface area contributed by atoms with Gasteiger partial charge in [-0.1, -0.05) is 6.92 Å². The van der Waals surface area contributed by atoms with Crippen molar-refractivity contribution in [2.75, 3.05) is 5.73 Å². The number of anilines is 1. The van der Waals surface area contributed by atoms with Crippen molar-refractivity contribution in [3.8, 4) is 0 Å². The molecule has 0 amide bonds. The van der Waals surface area contributed by atoms with E-state index < -0.39 is 30.0 Å². The van der Waals surface area contributed by atoms with Gasteiger partial charge in [-0.25, -0.2) is 0 Å². The van der Waals surface area contributed by atoms with Crippen molar-refractivity contribution in [2.24, 2.45) is 0 Å². The Morgan fingerprint density at radius 2 is 1.65 bits per heavy atom. The second-order valence-electron chi connectivity index (χ2n) is 3.26. The highest BCUT2D eigenvalue weighted by atomic mass is 32.2. The summed E-state index contributed by atoms with van der Waals surface area (Å²) in [6.07, 6.45) is 0.0876. The van der Waals surface area contributed by atoms with E-state index >= 15 is 0 Å². The lowest BCUT2D eigenvalue weighted by Gasteiger charge is -2.11. The molecule has 0 atom stereocenters. The number of benzene rings is 1. The average molecular weight is 281 g/mol. The first-order valence-corrected chi connectivity index (χ1v) is 7.33. The summed E-state index contributed by atoms with van der Waals surface area (Å²) in [7, 11) is -9.56. The normalized spacial score (nSPS) is 12.6. The van der Waals surface area contributed by atoms with Crippen molar-refractivity contribution in [1.29, 1.82) is 0 Å². The zero-order chi connectivity index (χ0) is 13.4. The van der Waals surface area contributed by atoms with Gasteiger partial charge < -0.3 is 5.73 Å². The number of nitrogen functional groups attached to an aromatic ring is 1. The van der Waals surface area contributed by atoms with E-state index in [0.717, 1.165) is 12.1 Å². The van der Waals surface area contributed by atoms with Crippen LogP contribution >= 0.6 is 0 Å². The molecule has 0 aromatic heterocycles. The first-order valence-electron chi connectivity index (χ1n) is 4.45. The van der Waals surface area contributed by atoms with Gasteiger partial charge in [0.2, 0.25) is 0 Å². The predicted molar refractivity (Wildman–Crippen MR) is 59.9 cm³/mol. The molecule has 1 aromatic rings. The van der Waals surface area contributed by atoms with Crippen molar-refractivity contribution >= 4 is 25.9 Å². The Kier molecular flexibility index (Phi) is 3.48. The Labute approximate surface area is 98.8 Å². The van der Waals surface area contributed by atoms with Crippen molar-refractivity contribution in [3.05, 3.63) is 17.7 Å². The monoisotopic (exact) mass is 281 g/mol. The average Bonchev–Trinajstić information content (AvgIpc) is 2.13. The van der Waals surface area contributed by atoms with E-state index in [0.29, 0.717) is 0 Å². The van der Waals surface area contributed by atoms with Gasteiger partial charge in [-0.2, -0.15) is 16.8 Å². The van der Waals surface area contributed by atoms with Crippen molar-refractivity contribution in [1.82, 2.24) is 0 Å². The van der Waals surface area contributed by atoms with Crippen molar-refractivity contribution < 1.29 is 25.9 Å². The lowest BCUT2D eigenvalue weighted by Crippen LogP contribution is -2.13. The molecule has 1 aromatic carbocycles. The molecule has 0 radical (unpaired) electrons. The Balaban J connectivity index is 3.90. The van der Waals surface area contributed by atoms with Gasteiger partial charge in [0, 0.05) is 5.69 Å². The summed E-state index contributed by atoms with van der Waals surface area (Å²) in [4.78, 5) is -1.76. The highest BCUT2D eigenvalue weighted by Gasteiger charge is 2.27. The lowest BCUT2D eigenvalue weighted by molar-refractivity contribution is 0.465. The third kappa shape index (κ3) is 2.75. The number of hydrogen-bond donors (Lipinski definition) is 3. The van der Waals surface area contributed by atoms with E-state index in [1.165, 1.54) is 6.92 Å². The van der Waals surface area contributed by atoms with Gasteiger partial charge in [0.25, 0.3) is 20.2 Å². The maximum absolute atomic E-state index is 11.2. The maximum atomic E-state index is 11.2. The van der Waals surface area contributed by atoms with E-state index in [1.807, 2.05) is 0 Å². The minimum absolute atomic E-state index is 0.0209. The zero-order valence-electron chi connectivity index (χ0n) is 8.78. The molecule has 0 saturated heterocycles. The molecule has 7 nitrogen and oxygen atoms in total. The molecule has 0 saturated carbocycles. The number of nitrogens with two attached hydrogens (primary N) is 1. The van der Waals surface area contributed by atoms with Gasteiger partial charge in [0.1, 0.15) is 9.79 Å². The highest BCUT2D eigenvalue weighted by Crippen LogP contribution is 2.29. The van der Waals surface area contributed by atoms with Gasteiger partial charge in [0.15, 0.2) is 0 Å². The largest absolute Gasteiger partial charge is 0.398 e. The molecule has 4 N–H and O–H groups in total. The minimum Gasteiger partial charge on any atom is -0.398 e. The fourth-order valence-electron chi connectivity index (χ4n) is 1.47. The maximum Gasteiger partial charge on any atom is 0.296 e. The summed E-state index contributed by atoms with van der Waals surface area (Å²) in [6.45, 7) is 1.54. The van der Waals surface area contributed by atoms with Gasteiger partial charge >= 0.3 is 0 Å². The van der Waals surface area contributed by atoms with Gasteiger partial charge in [-0.3, -0.25) is 9.11 Å². The van der Waals surface area contributed by atoms with Crippen LogP contribution in [0.1, 0.15) is 12.5 Å². The second kappa shape index (κ2) is 4.26. The van der Waals surface area contributed by atoms with Crippen molar-refractivity contribution in [2.45, 2.75) is 23.1 Å². The van der Waals surface area contributed by atoms with Crippen LogP contribution in [0.25, 0.3) is 0 Å². The summed E-state index contributed by atoms with van der Waals surface area (Å²) in [5.74, 6) is 0. The molecule has 0 aliphatic rings.